The number of phosphoric acid groups is 1. The van der Waals surface area contributed by atoms with Crippen LogP contribution in [0, 0.1) is 0 Å². The van der Waals surface area contributed by atoms with Crippen molar-refractivity contribution in [1.29, 1.82) is 0 Å². The maximum absolute atomic E-state index is 12.5. The van der Waals surface area contributed by atoms with Crippen molar-refractivity contribution in [3.8, 4) is 0 Å². The highest BCUT2D eigenvalue weighted by molar-refractivity contribution is 7.47. The van der Waals surface area contributed by atoms with Crippen LogP contribution in [-0.2, 0) is 27.9 Å². The van der Waals surface area contributed by atoms with Gasteiger partial charge in [-0.2, -0.15) is 0 Å². The molecule has 0 aliphatic heterocycles. The summed E-state index contributed by atoms with van der Waals surface area (Å²) in [6.07, 6.45) is 46.4. The summed E-state index contributed by atoms with van der Waals surface area (Å²) in [6, 6.07) is 0. The third kappa shape index (κ3) is 43.1. The zero-order valence-electron chi connectivity index (χ0n) is 36.5. The van der Waals surface area contributed by atoms with Crippen LogP contribution in [0.1, 0.15) is 168 Å². The molecule has 326 valence electrons. The highest BCUT2D eigenvalue weighted by Gasteiger charge is 2.25. The number of quaternary nitrogens is 1. The van der Waals surface area contributed by atoms with E-state index in [1.807, 2.05) is 34.1 Å². The van der Waals surface area contributed by atoms with E-state index >= 15 is 0 Å². The van der Waals surface area contributed by atoms with Gasteiger partial charge < -0.3 is 24.0 Å². The molecule has 0 aliphatic rings. The van der Waals surface area contributed by atoms with Gasteiger partial charge in [0.2, 0.25) is 0 Å². The smallest absolute Gasteiger partial charge is 0.472 e. The first-order chi connectivity index (χ1) is 26.9. The van der Waals surface area contributed by atoms with Crippen LogP contribution in [0.25, 0.3) is 0 Å². The fourth-order valence-electron chi connectivity index (χ4n) is 5.66. The lowest BCUT2D eigenvalue weighted by Gasteiger charge is -2.24. The fourth-order valence-corrected chi connectivity index (χ4v) is 6.41. The molecule has 9 nitrogen and oxygen atoms in total. The molecule has 56 heavy (non-hydrogen) atoms. The SMILES string of the molecule is CCCCCCCCCCCCCCCC/C=C/O[C@H](COC(=O)CCC/C=C\C/C=C\C/C=C\C/C=C\CCC[C@@H](C)O)COP(=O)(O)OCC[N+](C)(C)C. The lowest BCUT2D eigenvalue weighted by Crippen LogP contribution is -2.37. The van der Waals surface area contributed by atoms with Gasteiger partial charge in [-0.05, 0) is 77.2 Å². The molecule has 0 rings (SSSR count). The summed E-state index contributed by atoms with van der Waals surface area (Å²) in [5.74, 6) is -0.342. The minimum atomic E-state index is -4.29. The van der Waals surface area contributed by atoms with Crippen molar-refractivity contribution in [2.75, 3.05) is 47.5 Å². The van der Waals surface area contributed by atoms with Crippen LogP contribution in [0.3, 0.4) is 0 Å². The zero-order chi connectivity index (χ0) is 41.4. The van der Waals surface area contributed by atoms with Crippen molar-refractivity contribution in [1.82, 2.24) is 0 Å². The lowest BCUT2D eigenvalue weighted by atomic mass is 10.0. The van der Waals surface area contributed by atoms with Crippen molar-refractivity contribution in [2.24, 2.45) is 0 Å². The van der Waals surface area contributed by atoms with E-state index in [4.69, 9.17) is 18.5 Å². The number of esters is 1. The molecule has 0 spiro atoms. The van der Waals surface area contributed by atoms with Gasteiger partial charge in [0.25, 0.3) is 0 Å². The Balaban J connectivity index is 4.38. The summed E-state index contributed by atoms with van der Waals surface area (Å²) >= 11 is 0. The zero-order valence-corrected chi connectivity index (χ0v) is 37.4. The molecule has 0 heterocycles. The Hall–Kier alpha value is -2.00. The highest BCUT2D eigenvalue weighted by atomic mass is 31.2. The Bertz CT molecular complexity index is 1100. The molecule has 0 aliphatic carbocycles. The average Bonchev–Trinajstić information content (AvgIpc) is 3.14. The highest BCUT2D eigenvalue weighted by Crippen LogP contribution is 2.43. The number of carbonyl (C=O) groups excluding carboxylic acids is 1. The van der Waals surface area contributed by atoms with Crippen LogP contribution < -0.4 is 0 Å². The van der Waals surface area contributed by atoms with Gasteiger partial charge in [0.15, 0.2) is 6.10 Å². The largest absolute Gasteiger partial charge is 0.492 e. The number of unbranched alkanes of at least 4 members (excludes halogenated alkanes) is 16. The van der Waals surface area contributed by atoms with Gasteiger partial charge in [0.1, 0.15) is 19.8 Å². The lowest BCUT2D eigenvalue weighted by molar-refractivity contribution is -0.870. The maximum Gasteiger partial charge on any atom is 0.472 e. The van der Waals surface area contributed by atoms with E-state index in [-0.39, 0.29) is 38.3 Å². The number of aliphatic hydroxyl groups excluding tert-OH is 1. The van der Waals surface area contributed by atoms with Gasteiger partial charge in [-0.1, -0.05) is 139 Å². The van der Waals surface area contributed by atoms with Crippen LogP contribution >= 0.6 is 7.82 Å². The molecule has 10 heteroatoms. The first kappa shape index (κ1) is 54.0. The van der Waals surface area contributed by atoms with Crippen LogP contribution in [-0.4, -0.2) is 80.2 Å². The molecule has 0 aromatic rings. The molecule has 0 saturated carbocycles. The van der Waals surface area contributed by atoms with Gasteiger partial charge in [0, 0.05) is 6.42 Å². The summed E-state index contributed by atoms with van der Waals surface area (Å²) in [4.78, 5) is 22.6. The molecular weight excluding hydrogens is 725 g/mol. The third-order valence-corrected chi connectivity index (χ3v) is 10.2. The molecule has 1 unspecified atom stereocenters. The van der Waals surface area contributed by atoms with Crippen LogP contribution in [0.4, 0.5) is 0 Å². The average molecular weight is 811 g/mol. The molecule has 0 aromatic heterocycles. The number of hydrogen-bond acceptors (Lipinski definition) is 7. The number of rotatable bonds is 40. The summed E-state index contributed by atoms with van der Waals surface area (Å²) in [5, 5.41) is 9.27. The summed E-state index contributed by atoms with van der Waals surface area (Å²) in [7, 11) is 1.62. The van der Waals surface area contributed by atoms with E-state index in [1.54, 1.807) is 6.26 Å². The number of carbonyl (C=O) groups is 1. The number of likely N-dealkylation sites (N-methyl/N-ethyl adjacent to an activating group) is 1. The number of phosphoric ester groups is 1. The first-order valence-corrected chi connectivity index (χ1v) is 23.6. The number of hydrogen-bond donors (Lipinski definition) is 2. The fraction of sp³-hybridized carbons (Fsp3) is 0.761. The van der Waals surface area contributed by atoms with E-state index in [2.05, 4.69) is 55.5 Å². The normalized spacial score (nSPS) is 14.8. The Labute approximate surface area is 343 Å². The molecule has 0 aromatic carbocycles. The number of ether oxygens (including phenoxy) is 2. The van der Waals surface area contributed by atoms with Crippen molar-refractivity contribution < 1.29 is 42.4 Å². The van der Waals surface area contributed by atoms with E-state index in [0.29, 0.717) is 17.4 Å². The van der Waals surface area contributed by atoms with Gasteiger partial charge in [-0.3, -0.25) is 13.8 Å². The molecule has 0 fully saturated rings. The minimum absolute atomic E-state index is 0.0742. The molecule has 0 saturated heterocycles. The second-order valence-electron chi connectivity index (χ2n) is 16.1. The van der Waals surface area contributed by atoms with Crippen molar-refractivity contribution in [3.63, 3.8) is 0 Å². The van der Waals surface area contributed by atoms with E-state index in [9.17, 15) is 19.4 Å². The monoisotopic (exact) mass is 811 g/mol. The van der Waals surface area contributed by atoms with Crippen LogP contribution in [0.15, 0.2) is 60.9 Å². The standard InChI is InChI=1S/C46H84NO8P/c1-6-7-8-9-10-11-12-13-14-18-21-24-27-30-33-36-40-52-45(43-55-56(50,51)54-41-39-47(3,4)5)42-53-46(49)38-35-32-29-26-23-20-17-15-16-19-22-25-28-31-34-37-44(2)48/h16-17,19-20,25-26,28-29,36,40,44-45,48H,6-15,18,21-24,27,30-35,37-39,41-43H2,1-5H3/p+1/b19-16-,20-17-,28-25-,29-26-,40-36+/t44-,45-/m1/s1. The van der Waals surface area contributed by atoms with Crippen LogP contribution in [0.2, 0.25) is 0 Å². The predicted octanol–water partition coefficient (Wildman–Crippen LogP) is 12.3. The molecule has 0 radical (unpaired) electrons. The molecule has 0 bridgehead atoms. The molecule has 2 N–H and O–H groups in total. The molecule has 0 amide bonds. The van der Waals surface area contributed by atoms with Crippen molar-refractivity contribution in [2.45, 2.75) is 180 Å². The number of allylic oxidation sites excluding steroid dienone is 9. The maximum atomic E-state index is 12.5. The van der Waals surface area contributed by atoms with Crippen molar-refractivity contribution >= 4 is 13.8 Å². The number of aliphatic hydroxyl groups is 1. The summed E-state index contributed by atoms with van der Waals surface area (Å²) in [5.41, 5.74) is 0. The Morgan fingerprint density at radius 1 is 0.643 bits per heavy atom. The Morgan fingerprint density at radius 3 is 1.64 bits per heavy atom. The Kier molecular flexibility index (Phi) is 37.1. The first-order valence-electron chi connectivity index (χ1n) is 22.1. The quantitative estimate of drug-likeness (QED) is 0.0157. The second-order valence-corrected chi connectivity index (χ2v) is 17.5. The van der Waals surface area contributed by atoms with E-state index < -0.39 is 13.9 Å². The van der Waals surface area contributed by atoms with Gasteiger partial charge >= 0.3 is 13.8 Å². The number of nitrogens with zero attached hydrogens (tertiary/aromatic N) is 1. The van der Waals surface area contributed by atoms with Gasteiger partial charge in [0.05, 0.1) is 40.1 Å². The predicted molar refractivity (Wildman–Crippen MR) is 234 cm³/mol. The Morgan fingerprint density at radius 2 is 1.12 bits per heavy atom. The second kappa shape index (κ2) is 38.5. The van der Waals surface area contributed by atoms with Gasteiger partial charge in [-0.25, -0.2) is 4.57 Å². The van der Waals surface area contributed by atoms with Crippen LogP contribution in [0.5, 0.6) is 0 Å². The topological polar surface area (TPSA) is 112 Å². The van der Waals surface area contributed by atoms with Gasteiger partial charge in [-0.15, -0.1) is 0 Å². The van der Waals surface area contributed by atoms with E-state index in [0.717, 1.165) is 57.8 Å². The summed E-state index contributed by atoms with van der Waals surface area (Å²) in [6.45, 7) is 4.38. The third-order valence-electron chi connectivity index (χ3n) is 9.19. The summed E-state index contributed by atoms with van der Waals surface area (Å²) < 4.78 is 34.7. The molecule has 3 atom stereocenters. The molecular formula is C46H85NO8P+. The van der Waals surface area contributed by atoms with E-state index in [1.165, 1.54) is 83.5 Å². The minimum Gasteiger partial charge on any atom is -0.492 e. The van der Waals surface area contributed by atoms with Crippen molar-refractivity contribution in [3.05, 3.63) is 60.9 Å².